The van der Waals surface area contributed by atoms with Crippen LogP contribution in [-0.4, -0.2) is 0 Å². The Hall–Kier alpha value is 1.47. The van der Waals surface area contributed by atoms with Crippen LogP contribution < -0.4 is 0 Å². The number of hydrogen-bond acceptors (Lipinski definition) is 2. The molecule has 0 spiro atoms. The van der Waals surface area contributed by atoms with Crippen molar-refractivity contribution in [2.45, 2.75) is 0 Å². The van der Waals surface area contributed by atoms with Crippen molar-refractivity contribution in [1.82, 2.24) is 0 Å². The van der Waals surface area contributed by atoms with Crippen molar-refractivity contribution >= 4 is 0 Å². The normalized spacial score (nSPS) is 2.00. The summed E-state index contributed by atoms with van der Waals surface area (Å²) in [6.07, 6.45) is 0. The van der Waals surface area contributed by atoms with E-state index in [2.05, 4.69) is 0 Å². The molecule has 4 heteroatoms. The monoisotopic (exact) mass is 230 g/mol. The van der Waals surface area contributed by atoms with E-state index in [-0.39, 0.29) is 16.5 Å². The fourth-order valence-corrected chi connectivity index (χ4v) is 0. The van der Waals surface area contributed by atoms with Gasteiger partial charge >= 0.3 is 39.7 Å². The molecule has 0 radical (unpaired) electrons. The van der Waals surface area contributed by atoms with Crippen molar-refractivity contribution in [2.75, 3.05) is 0 Å². The van der Waals surface area contributed by atoms with Crippen LogP contribution >= 0.6 is 0 Å². The number of hydrogen-bond donors (Lipinski definition) is 0. The zero-order valence-corrected chi connectivity index (χ0v) is 5.76. The van der Waals surface area contributed by atoms with Crippen LogP contribution in [0, 0.1) is 37.8 Å². The van der Waals surface area contributed by atoms with Gasteiger partial charge in [-0.15, -0.1) is 0 Å². The van der Waals surface area contributed by atoms with Crippen LogP contribution in [0.15, 0.2) is 0 Å². The molecule has 0 saturated carbocycles. The summed E-state index contributed by atoms with van der Waals surface area (Å²) in [7, 11) is 0. The molecule has 0 aliphatic rings. The third-order valence-corrected chi connectivity index (χ3v) is 0. The summed E-state index contributed by atoms with van der Waals surface area (Å²) in [4.78, 5) is 0. The second kappa shape index (κ2) is 8.82. The van der Waals surface area contributed by atoms with E-state index < -0.39 is 37.8 Å². The van der Waals surface area contributed by atoms with E-state index in [1.165, 1.54) is 0 Å². The third kappa shape index (κ3) is 9.80. The average molecular weight is 231 g/mol. The Labute approximate surface area is 55.2 Å². The van der Waals surface area contributed by atoms with E-state index in [1.54, 1.807) is 0 Å². The van der Waals surface area contributed by atoms with Gasteiger partial charge in [-0.05, 0) is 0 Å². The second-order valence-electron chi connectivity index (χ2n) is 0.0833. The van der Waals surface area contributed by atoms with Gasteiger partial charge in [-0.1, -0.05) is 0 Å². The van der Waals surface area contributed by atoms with Gasteiger partial charge in [-0.2, -0.15) is 0 Å². The van der Waals surface area contributed by atoms with Crippen molar-refractivity contribution < 1.29 is 56.2 Å². The van der Waals surface area contributed by atoms with Crippen molar-refractivity contribution in [3.63, 3.8) is 0 Å². The first kappa shape index (κ1) is 9.08. The third-order valence-electron chi connectivity index (χ3n) is 0. The van der Waals surface area contributed by atoms with E-state index in [4.69, 9.17) is 1.88 Å². The molecule has 4 heavy (non-hydrogen) atoms. The van der Waals surface area contributed by atoms with Crippen LogP contribution in [0.3, 0.4) is 0 Å². The quantitative estimate of drug-likeness (QED) is 0.539. The second-order valence-corrected chi connectivity index (χ2v) is 0.607. The van der Waals surface area contributed by atoms with Gasteiger partial charge in [0.2, 0.25) is 0 Å². The van der Waals surface area contributed by atoms with E-state index in [9.17, 15) is 0 Å². The van der Waals surface area contributed by atoms with Crippen molar-refractivity contribution in [3.8, 4) is 0 Å². The van der Waals surface area contributed by atoms with E-state index in [0.29, 0.717) is 0 Å². The van der Waals surface area contributed by atoms with Gasteiger partial charge in [-0.3, -0.25) is 0 Å². The molecule has 0 unspecified atom stereocenters. The van der Waals surface area contributed by atoms with E-state index >= 15 is 0 Å². The van der Waals surface area contributed by atoms with Gasteiger partial charge < -0.3 is 0 Å². The van der Waals surface area contributed by atoms with Crippen molar-refractivity contribution in [3.05, 3.63) is 0 Å². The minimum atomic E-state index is -2.42. The first-order valence-corrected chi connectivity index (χ1v) is 2.97. The molecular formula is CeNiO2. The summed E-state index contributed by atoms with van der Waals surface area (Å²) >= 11 is -2.42. The standard InChI is InChI=1S/Ce.Ni.2O. The number of rotatable bonds is 0. The summed E-state index contributed by atoms with van der Waals surface area (Å²) in [6.45, 7) is 0. The molecule has 0 saturated heterocycles. The van der Waals surface area contributed by atoms with E-state index in [1.807, 2.05) is 0 Å². The molecule has 0 bridgehead atoms. The van der Waals surface area contributed by atoms with Crippen LogP contribution in [0.5, 0.6) is 0 Å². The molecule has 0 aliphatic carbocycles. The van der Waals surface area contributed by atoms with Gasteiger partial charge in [0.25, 0.3) is 0 Å². The first-order chi connectivity index (χ1) is 1.41. The predicted octanol–water partition coefficient (Wildman–Crippen LogP) is -0.240. The topological polar surface area (TPSA) is 34.1 Å². The zero-order valence-electron chi connectivity index (χ0n) is 1.63. The molecule has 0 aromatic heterocycles. The first-order valence-electron chi connectivity index (χ1n) is 0.408. The van der Waals surface area contributed by atoms with Crippen LogP contribution in [0.4, 0.5) is 0 Å². The Balaban J connectivity index is 0. The summed E-state index contributed by atoms with van der Waals surface area (Å²) in [5, 5.41) is 0. The molecule has 0 atom stereocenters. The molecule has 2 nitrogen and oxygen atoms in total. The predicted molar refractivity (Wildman–Crippen MR) is 1.37 cm³/mol. The Morgan fingerprint density at radius 1 is 1.25 bits per heavy atom. The zero-order chi connectivity index (χ0) is 2.71. The van der Waals surface area contributed by atoms with Crippen LogP contribution in [0.25, 0.3) is 0 Å². The fraction of sp³-hybridized carbons (Fsp3) is 0. The van der Waals surface area contributed by atoms with Gasteiger partial charge in [-0.25, -0.2) is 0 Å². The van der Waals surface area contributed by atoms with Crippen LogP contribution in [0.1, 0.15) is 0 Å². The molecule has 0 N–H and O–H groups in total. The molecule has 0 rings (SSSR count). The Bertz CT molecular complexity index is 27.0. The molecule has 0 aromatic rings. The van der Waals surface area contributed by atoms with Gasteiger partial charge in [0.1, 0.15) is 0 Å². The molecule has 0 amide bonds. The maximum absolute atomic E-state index is 8.57. The molecule has 0 fully saturated rings. The summed E-state index contributed by atoms with van der Waals surface area (Å²) < 4.78 is 17.1. The molecule has 26 valence electrons. The molecular weight excluding hydrogens is 231 g/mol. The Morgan fingerprint density at radius 2 is 1.25 bits per heavy atom. The molecule has 0 aliphatic heterocycles. The SMILES string of the molecule is [Ni].[O]=[Ce]=[O]. The molecule has 0 heterocycles. The van der Waals surface area contributed by atoms with Gasteiger partial charge in [0, 0.05) is 16.5 Å². The fourth-order valence-electron chi connectivity index (χ4n) is 0. The molecule has 0 aromatic carbocycles. The summed E-state index contributed by atoms with van der Waals surface area (Å²) in [5.41, 5.74) is 0. The summed E-state index contributed by atoms with van der Waals surface area (Å²) in [6, 6.07) is 0. The summed E-state index contributed by atoms with van der Waals surface area (Å²) in [5.74, 6) is 0. The van der Waals surface area contributed by atoms with Crippen LogP contribution in [-0.2, 0) is 18.4 Å². The van der Waals surface area contributed by atoms with Crippen molar-refractivity contribution in [2.24, 2.45) is 0 Å². The maximum atomic E-state index is 8.57. The minimum absolute atomic E-state index is 0. The van der Waals surface area contributed by atoms with Crippen molar-refractivity contribution in [1.29, 1.82) is 0 Å². The Morgan fingerprint density at radius 3 is 1.25 bits per heavy atom. The van der Waals surface area contributed by atoms with E-state index in [0.717, 1.165) is 0 Å². The average Bonchev–Trinajstić information content (AvgIpc) is 0.918. The Kier molecular flexibility index (Phi) is 20.0. The van der Waals surface area contributed by atoms with Crippen LogP contribution in [0.2, 0.25) is 0 Å². The van der Waals surface area contributed by atoms with Gasteiger partial charge in [0.15, 0.2) is 0 Å². The van der Waals surface area contributed by atoms with Gasteiger partial charge in [0.05, 0.1) is 0 Å².